The van der Waals surface area contributed by atoms with Crippen LogP contribution in [-0.4, -0.2) is 45.9 Å². The molecular formula is C15H33N3O2S. The fourth-order valence-corrected chi connectivity index (χ4v) is 4.22. The van der Waals surface area contributed by atoms with Crippen molar-refractivity contribution in [1.82, 2.24) is 14.3 Å². The molecule has 0 saturated carbocycles. The molecule has 0 aliphatic carbocycles. The highest BCUT2D eigenvalue weighted by atomic mass is 32.2. The molecule has 1 heterocycles. The number of rotatable bonds is 10. The number of nitrogens with zero attached hydrogens (tertiary/aromatic N) is 1. The third-order valence-electron chi connectivity index (χ3n) is 4.50. The summed E-state index contributed by atoms with van der Waals surface area (Å²) in [5.74, 6) is 1.07. The van der Waals surface area contributed by atoms with Crippen LogP contribution in [0.1, 0.15) is 52.4 Å². The van der Waals surface area contributed by atoms with Crippen LogP contribution in [0.2, 0.25) is 0 Å². The van der Waals surface area contributed by atoms with Crippen LogP contribution >= 0.6 is 0 Å². The minimum Gasteiger partial charge on any atom is -0.319 e. The van der Waals surface area contributed by atoms with Crippen LogP contribution in [0.5, 0.6) is 0 Å². The first-order valence-corrected chi connectivity index (χ1v) is 9.86. The highest BCUT2D eigenvalue weighted by Gasteiger charge is 2.27. The van der Waals surface area contributed by atoms with Gasteiger partial charge in [-0.1, -0.05) is 33.1 Å². The molecule has 0 radical (unpaired) electrons. The summed E-state index contributed by atoms with van der Waals surface area (Å²) in [6, 6.07) is 0. The van der Waals surface area contributed by atoms with Crippen LogP contribution in [0.25, 0.3) is 0 Å². The summed E-state index contributed by atoms with van der Waals surface area (Å²) in [5.41, 5.74) is 0. The van der Waals surface area contributed by atoms with Gasteiger partial charge in [0, 0.05) is 19.6 Å². The van der Waals surface area contributed by atoms with Crippen molar-refractivity contribution in [3.05, 3.63) is 0 Å². The minimum absolute atomic E-state index is 0.460. The fourth-order valence-electron chi connectivity index (χ4n) is 2.90. The molecule has 0 aromatic carbocycles. The second-order valence-corrected chi connectivity index (χ2v) is 7.93. The summed E-state index contributed by atoms with van der Waals surface area (Å²) in [4.78, 5) is 0. The average molecular weight is 320 g/mol. The Labute approximate surface area is 131 Å². The SMILES string of the molecule is CCCCC(CC)CNS(=O)(=O)N1CCC(CNC)CC1. The second kappa shape index (κ2) is 9.77. The van der Waals surface area contributed by atoms with E-state index in [0.29, 0.717) is 31.5 Å². The molecule has 126 valence electrons. The Balaban J connectivity index is 2.39. The van der Waals surface area contributed by atoms with Gasteiger partial charge in [0.2, 0.25) is 0 Å². The summed E-state index contributed by atoms with van der Waals surface area (Å²) in [6.45, 7) is 7.16. The Kier molecular flexibility index (Phi) is 8.78. The van der Waals surface area contributed by atoms with Crippen molar-refractivity contribution in [2.75, 3.05) is 33.2 Å². The lowest BCUT2D eigenvalue weighted by molar-refractivity contribution is 0.267. The lowest BCUT2D eigenvalue weighted by atomic mass is 9.98. The van der Waals surface area contributed by atoms with Gasteiger partial charge in [-0.2, -0.15) is 12.7 Å². The Hall–Kier alpha value is -0.170. The number of nitrogens with one attached hydrogen (secondary N) is 2. The molecular weight excluding hydrogens is 286 g/mol. The Morgan fingerprint density at radius 1 is 1.24 bits per heavy atom. The van der Waals surface area contributed by atoms with Crippen molar-refractivity contribution in [1.29, 1.82) is 0 Å². The van der Waals surface area contributed by atoms with E-state index in [-0.39, 0.29) is 0 Å². The first-order valence-electron chi connectivity index (χ1n) is 8.42. The van der Waals surface area contributed by atoms with E-state index >= 15 is 0 Å². The van der Waals surface area contributed by atoms with Gasteiger partial charge in [-0.3, -0.25) is 0 Å². The quantitative estimate of drug-likeness (QED) is 0.647. The number of piperidine rings is 1. The number of hydrogen-bond donors (Lipinski definition) is 2. The molecule has 21 heavy (non-hydrogen) atoms. The van der Waals surface area contributed by atoms with Crippen LogP contribution in [0.15, 0.2) is 0 Å². The maximum absolute atomic E-state index is 12.3. The Morgan fingerprint density at radius 2 is 1.90 bits per heavy atom. The molecule has 6 heteroatoms. The summed E-state index contributed by atoms with van der Waals surface area (Å²) in [7, 11) is -1.34. The monoisotopic (exact) mass is 319 g/mol. The normalized spacial score (nSPS) is 19.8. The van der Waals surface area contributed by atoms with Crippen LogP contribution < -0.4 is 10.0 Å². The van der Waals surface area contributed by atoms with Gasteiger partial charge < -0.3 is 5.32 Å². The van der Waals surface area contributed by atoms with Crippen molar-refractivity contribution in [2.45, 2.75) is 52.4 Å². The van der Waals surface area contributed by atoms with E-state index in [1.54, 1.807) is 4.31 Å². The number of hydrogen-bond acceptors (Lipinski definition) is 3. The maximum Gasteiger partial charge on any atom is 0.279 e. The first-order chi connectivity index (χ1) is 10.0. The molecule has 1 unspecified atom stereocenters. The highest BCUT2D eigenvalue weighted by molar-refractivity contribution is 7.87. The van der Waals surface area contributed by atoms with E-state index in [1.165, 1.54) is 12.8 Å². The zero-order chi connectivity index (χ0) is 15.7. The lowest BCUT2D eigenvalue weighted by Gasteiger charge is -2.31. The molecule has 1 fully saturated rings. The van der Waals surface area contributed by atoms with E-state index in [2.05, 4.69) is 23.9 Å². The molecule has 1 saturated heterocycles. The lowest BCUT2D eigenvalue weighted by Crippen LogP contribution is -2.47. The van der Waals surface area contributed by atoms with Crippen molar-refractivity contribution in [3.63, 3.8) is 0 Å². The summed E-state index contributed by atoms with van der Waals surface area (Å²) in [6.07, 6.45) is 6.40. The summed E-state index contributed by atoms with van der Waals surface area (Å²) < 4.78 is 29.1. The largest absolute Gasteiger partial charge is 0.319 e. The summed E-state index contributed by atoms with van der Waals surface area (Å²) in [5, 5.41) is 3.17. The highest BCUT2D eigenvalue weighted by Crippen LogP contribution is 2.19. The molecule has 5 nitrogen and oxygen atoms in total. The van der Waals surface area contributed by atoms with Gasteiger partial charge >= 0.3 is 0 Å². The predicted molar refractivity (Wildman–Crippen MR) is 88.5 cm³/mol. The third-order valence-corrected chi connectivity index (χ3v) is 6.08. The van der Waals surface area contributed by atoms with Crippen molar-refractivity contribution in [2.24, 2.45) is 11.8 Å². The Bertz CT molecular complexity index is 365. The van der Waals surface area contributed by atoms with Crippen LogP contribution in [-0.2, 0) is 10.2 Å². The standard InChI is InChI=1S/C15H33N3O2S/c1-4-6-7-14(5-2)13-17-21(19,20)18-10-8-15(9-11-18)12-16-3/h14-17H,4-13H2,1-3H3. The van der Waals surface area contributed by atoms with Gasteiger partial charge in [-0.05, 0) is 44.7 Å². The van der Waals surface area contributed by atoms with Gasteiger partial charge in [0.25, 0.3) is 10.2 Å². The topological polar surface area (TPSA) is 61.4 Å². The van der Waals surface area contributed by atoms with Crippen LogP contribution in [0, 0.1) is 11.8 Å². The van der Waals surface area contributed by atoms with Gasteiger partial charge in [0.1, 0.15) is 0 Å². The predicted octanol–water partition coefficient (Wildman–Crippen LogP) is 1.97. The maximum atomic E-state index is 12.3. The molecule has 0 bridgehead atoms. The minimum atomic E-state index is -3.29. The molecule has 1 rings (SSSR count). The van der Waals surface area contributed by atoms with E-state index in [0.717, 1.165) is 32.2 Å². The van der Waals surface area contributed by atoms with E-state index in [9.17, 15) is 8.42 Å². The van der Waals surface area contributed by atoms with E-state index in [4.69, 9.17) is 0 Å². The van der Waals surface area contributed by atoms with Gasteiger partial charge in [-0.15, -0.1) is 0 Å². The molecule has 0 aromatic heterocycles. The number of unbranched alkanes of at least 4 members (excludes halogenated alkanes) is 1. The first kappa shape index (κ1) is 18.9. The van der Waals surface area contributed by atoms with Gasteiger partial charge in [-0.25, -0.2) is 4.72 Å². The zero-order valence-corrected chi connectivity index (χ0v) is 14.7. The molecule has 1 atom stereocenters. The second-order valence-electron chi connectivity index (χ2n) is 6.17. The molecule has 1 aliphatic heterocycles. The van der Waals surface area contributed by atoms with Crippen LogP contribution in [0.3, 0.4) is 0 Å². The van der Waals surface area contributed by atoms with E-state index in [1.807, 2.05) is 7.05 Å². The average Bonchev–Trinajstić information content (AvgIpc) is 2.48. The third kappa shape index (κ3) is 6.63. The van der Waals surface area contributed by atoms with Gasteiger partial charge in [0.05, 0.1) is 0 Å². The van der Waals surface area contributed by atoms with Crippen molar-refractivity contribution >= 4 is 10.2 Å². The fraction of sp³-hybridized carbons (Fsp3) is 1.00. The molecule has 0 amide bonds. The van der Waals surface area contributed by atoms with E-state index < -0.39 is 10.2 Å². The molecule has 0 spiro atoms. The smallest absolute Gasteiger partial charge is 0.279 e. The van der Waals surface area contributed by atoms with Gasteiger partial charge in [0.15, 0.2) is 0 Å². The molecule has 1 aliphatic rings. The van der Waals surface area contributed by atoms with Crippen LogP contribution in [0.4, 0.5) is 0 Å². The molecule has 2 N–H and O–H groups in total. The summed E-state index contributed by atoms with van der Waals surface area (Å²) >= 11 is 0. The van der Waals surface area contributed by atoms with Crippen molar-refractivity contribution < 1.29 is 8.42 Å². The molecule has 0 aromatic rings. The Morgan fingerprint density at radius 3 is 2.43 bits per heavy atom. The van der Waals surface area contributed by atoms with Crippen molar-refractivity contribution in [3.8, 4) is 0 Å². The zero-order valence-electron chi connectivity index (χ0n) is 13.9.